The summed E-state index contributed by atoms with van der Waals surface area (Å²) in [6.45, 7) is 3.83. The molecule has 0 radical (unpaired) electrons. The van der Waals surface area contributed by atoms with E-state index in [0.717, 1.165) is 26.2 Å². The van der Waals surface area contributed by atoms with E-state index >= 15 is 0 Å². The van der Waals surface area contributed by atoms with E-state index in [-0.39, 0.29) is 12.4 Å². The number of aromatic nitrogens is 1. The van der Waals surface area contributed by atoms with Crippen molar-refractivity contribution >= 4 is 35.6 Å². The van der Waals surface area contributed by atoms with Crippen molar-refractivity contribution in [3.63, 3.8) is 0 Å². The predicted molar refractivity (Wildman–Crippen MR) is 94.0 cm³/mol. The molecular weight excluding hydrogens is 341 g/mol. The van der Waals surface area contributed by atoms with Crippen LogP contribution in [0.5, 0.6) is 0 Å². The molecule has 1 N–H and O–H groups in total. The predicted octanol–water partition coefficient (Wildman–Crippen LogP) is 3.96. The van der Waals surface area contributed by atoms with Gasteiger partial charge in [0, 0.05) is 44.6 Å². The Kier molecular flexibility index (Phi) is 6.48. The molecule has 22 heavy (non-hydrogen) atoms. The van der Waals surface area contributed by atoms with Crippen molar-refractivity contribution in [1.82, 2.24) is 15.2 Å². The van der Waals surface area contributed by atoms with Gasteiger partial charge in [-0.15, -0.1) is 12.4 Å². The minimum absolute atomic E-state index is 0. The Morgan fingerprint density at radius 3 is 2.64 bits per heavy atom. The zero-order valence-corrected chi connectivity index (χ0v) is 14.3. The maximum Gasteiger partial charge on any atom is 0.0595 e. The van der Waals surface area contributed by atoms with Gasteiger partial charge < -0.3 is 5.32 Å². The average Bonchev–Trinajstić information content (AvgIpc) is 2.52. The summed E-state index contributed by atoms with van der Waals surface area (Å²) in [5.74, 6) is 0. The summed E-state index contributed by atoms with van der Waals surface area (Å²) in [4.78, 5) is 6.56. The molecule has 1 aliphatic rings. The molecule has 118 valence electrons. The Labute approximate surface area is 147 Å². The van der Waals surface area contributed by atoms with Crippen molar-refractivity contribution in [2.24, 2.45) is 0 Å². The normalized spacial score (nSPS) is 18.7. The standard InChI is InChI=1S/C16H17Cl2N3.ClH/c17-14-2-1-12(9-15(14)18)11-21-8-7-20-10-16(21)13-3-5-19-6-4-13;/h1-6,9,16,20H,7-8,10-11H2;1H. The molecule has 0 saturated carbocycles. The number of pyridine rings is 1. The van der Waals surface area contributed by atoms with Gasteiger partial charge in [-0.1, -0.05) is 29.3 Å². The van der Waals surface area contributed by atoms with Gasteiger partial charge in [0.2, 0.25) is 0 Å². The summed E-state index contributed by atoms with van der Waals surface area (Å²) >= 11 is 12.1. The minimum atomic E-state index is 0. The first-order valence-corrected chi connectivity index (χ1v) is 7.78. The summed E-state index contributed by atoms with van der Waals surface area (Å²) in [6, 6.07) is 10.4. The van der Waals surface area contributed by atoms with Gasteiger partial charge in [0.05, 0.1) is 10.0 Å². The number of hydrogen-bond donors (Lipinski definition) is 1. The third kappa shape index (κ3) is 4.12. The van der Waals surface area contributed by atoms with E-state index in [9.17, 15) is 0 Å². The average molecular weight is 359 g/mol. The lowest BCUT2D eigenvalue weighted by Crippen LogP contribution is -2.45. The second-order valence-electron chi connectivity index (χ2n) is 5.22. The Morgan fingerprint density at radius 2 is 1.91 bits per heavy atom. The lowest BCUT2D eigenvalue weighted by Gasteiger charge is -2.36. The van der Waals surface area contributed by atoms with Gasteiger partial charge in [0.25, 0.3) is 0 Å². The Balaban J connectivity index is 0.00000176. The first-order chi connectivity index (χ1) is 10.2. The molecular formula is C16H18Cl3N3. The van der Waals surface area contributed by atoms with Crippen LogP contribution in [0.2, 0.25) is 10.0 Å². The van der Waals surface area contributed by atoms with Crippen molar-refractivity contribution in [3.05, 3.63) is 63.9 Å². The summed E-state index contributed by atoms with van der Waals surface area (Å²) < 4.78 is 0. The highest BCUT2D eigenvalue weighted by Gasteiger charge is 2.23. The zero-order valence-electron chi connectivity index (χ0n) is 12.0. The number of hydrogen-bond acceptors (Lipinski definition) is 3. The largest absolute Gasteiger partial charge is 0.314 e. The van der Waals surface area contributed by atoms with Crippen molar-refractivity contribution < 1.29 is 0 Å². The third-order valence-electron chi connectivity index (χ3n) is 3.81. The molecule has 3 rings (SSSR count). The second kappa shape index (κ2) is 8.14. The van der Waals surface area contributed by atoms with Crippen LogP contribution in [0.3, 0.4) is 0 Å². The molecule has 1 aliphatic heterocycles. The first kappa shape index (κ1) is 17.5. The molecule has 1 aromatic heterocycles. The maximum atomic E-state index is 6.11. The summed E-state index contributed by atoms with van der Waals surface area (Å²) in [7, 11) is 0. The van der Waals surface area contributed by atoms with Gasteiger partial charge in [-0.25, -0.2) is 0 Å². The van der Waals surface area contributed by atoms with E-state index in [1.807, 2.05) is 30.6 Å². The van der Waals surface area contributed by atoms with Crippen LogP contribution in [0.25, 0.3) is 0 Å². The monoisotopic (exact) mass is 357 g/mol. The lowest BCUT2D eigenvalue weighted by atomic mass is 10.0. The Morgan fingerprint density at radius 1 is 1.14 bits per heavy atom. The molecule has 3 nitrogen and oxygen atoms in total. The third-order valence-corrected chi connectivity index (χ3v) is 4.55. The van der Waals surface area contributed by atoms with Crippen LogP contribution in [0.15, 0.2) is 42.7 Å². The molecule has 2 heterocycles. The van der Waals surface area contributed by atoms with E-state index in [1.165, 1.54) is 11.1 Å². The lowest BCUT2D eigenvalue weighted by molar-refractivity contribution is 0.153. The molecule has 0 spiro atoms. The van der Waals surface area contributed by atoms with E-state index < -0.39 is 0 Å². The molecule has 1 saturated heterocycles. The van der Waals surface area contributed by atoms with Crippen LogP contribution in [0, 0.1) is 0 Å². The molecule has 1 unspecified atom stereocenters. The van der Waals surface area contributed by atoms with Gasteiger partial charge in [-0.05, 0) is 35.4 Å². The summed E-state index contributed by atoms with van der Waals surface area (Å²) in [5, 5.41) is 4.68. The SMILES string of the molecule is Cl.Clc1ccc(CN2CCNCC2c2ccncc2)cc1Cl. The Hall–Kier alpha value is -0.840. The molecule has 6 heteroatoms. The van der Waals surface area contributed by atoms with Crippen LogP contribution in [0.1, 0.15) is 17.2 Å². The number of rotatable bonds is 3. The van der Waals surface area contributed by atoms with E-state index in [0.29, 0.717) is 16.1 Å². The molecule has 0 amide bonds. The number of nitrogens with zero attached hydrogens (tertiary/aromatic N) is 2. The second-order valence-corrected chi connectivity index (χ2v) is 6.03. The van der Waals surface area contributed by atoms with Gasteiger partial charge in [-0.3, -0.25) is 9.88 Å². The summed E-state index contributed by atoms with van der Waals surface area (Å²) in [5.41, 5.74) is 2.47. The zero-order chi connectivity index (χ0) is 14.7. The van der Waals surface area contributed by atoms with Crippen molar-refractivity contribution in [2.75, 3.05) is 19.6 Å². The van der Waals surface area contributed by atoms with Crippen molar-refractivity contribution in [2.45, 2.75) is 12.6 Å². The maximum absolute atomic E-state index is 6.11. The van der Waals surface area contributed by atoms with Crippen molar-refractivity contribution in [1.29, 1.82) is 0 Å². The van der Waals surface area contributed by atoms with Crippen LogP contribution >= 0.6 is 35.6 Å². The fraction of sp³-hybridized carbons (Fsp3) is 0.312. The van der Waals surface area contributed by atoms with Gasteiger partial charge >= 0.3 is 0 Å². The van der Waals surface area contributed by atoms with Gasteiger partial charge in [0.1, 0.15) is 0 Å². The van der Waals surface area contributed by atoms with E-state index in [1.54, 1.807) is 0 Å². The molecule has 2 aromatic rings. The minimum Gasteiger partial charge on any atom is -0.314 e. The van der Waals surface area contributed by atoms with Gasteiger partial charge in [-0.2, -0.15) is 0 Å². The molecule has 1 fully saturated rings. The first-order valence-electron chi connectivity index (χ1n) is 7.02. The van der Waals surface area contributed by atoms with E-state index in [4.69, 9.17) is 23.2 Å². The fourth-order valence-corrected chi connectivity index (χ4v) is 3.04. The van der Waals surface area contributed by atoms with Crippen LogP contribution in [-0.4, -0.2) is 29.5 Å². The number of benzene rings is 1. The molecule has 0 aliphatic carbocycles. The highest BCUT2D eigenvalue weighted by Crippen LogP contribution is 2.27. The molecule has 1 aromatic carbocycles. The number of halogens is 3. The molecule has 0 bridgehead atoms. The van der Waals surface area contributed by atoms with E-state index in [2.05, 4.69) is 27.3 Å². The quantitative estimate of drug-likeness (QED) is 0.900. The summed E-state index contributed by atoms with van der Waals surface area (Å²) in [6.07, 6.45) is 3.70. The van der Waals surface area contributed by atoms with Crippen molar-refractivity contribution in [3.8, 4) is 0 Å². The highest BCUT2D eigenvalue weighted by molar-refractivity contribution is 6.42. The van der Waals surface area contributed by atoms with Crippen LogP contribution < -0.4 is 5.32 Å². The topological polar surface area (TPSA) is 28.2 Å². The smallest absolute Gasteiger partial charge is 0.0595 e. The molecule has 1 atom stereocenters. The van der Waals surface area contributed by atoms with Crippen LogP contribution in [0.4, 0.5) is 0 Å². The number of piperazine rings is 1. The number of nitrogens with one attached hydrogen (secondary N) is 1. The Bertz CT molecular complexity index is 607. The highest BCUT2D eigenvalue weighted by atomic mass is 35.5. The van der Waals surface area contributed by atoms with Crippen LogP contribution in [-0.2, 0) is 6.54 Å². The fourth-order valence-electron chi connectivity index (χ4n) is 2.72. The van der Waals surface area contributed by atoms with Gasteiger partial charge in [0.15, 0.2) is 0 Å².